The third-order valence-corrected chi connectivity index (χ3v) is 4.24. The summed E-state index contributed by atoms with van der Waals surface area (Å²) in [6.45, 7) is -0.316. The molecule has 0 aliphatic rings. The summed E-state index contributed by atoms with van der Waals surface area (Å²) in [4.78, 5) is 40.7. The maximum atomic E-state index is 12.3. The summed E-state index contributed by atoms with van der Waals surface area (Å²) in [6, 6.07) is 4.88. The monoisotopic (exact) mass is 389 g/mol. The van der Waals surface area contributed by atoms with E-state index in [1.54, 1.807) is 18.2 Å². The molecule has 3 heterocycles. The van der Waals surface area contributed by atoms with Crippen LogP contribution in [0.15, 0.2) is 32.2 Å². The van der Waals surface area contributed by atoms with Crippen molar-refractivity contribution in [1.82, 2.24) is 29.1 Å². The number of anilines is 1. The van der Waals surface area contributed by atoms with E-state index >= 15 is 0 Å². The lowest BCUT2D eigenvalue weighted by molar-refractivity contribution is -0.117. The molecule has 12 heteroatoms. The van der Waals surface area contributed by atoms with Crippen LogP contribution in [0.2, 0.25) is 5.02 Å². The topological polar surface area (TPSA) is 130 Å². The molecule has 138 valence electrons. The molecule has 0 spiro atoms. The lowest BCUT2D eigenvalue weighted by atomic mass is 10.3. The molecule has 1 aromatic carbocycles. The van der Waals surface area contributed by atoms with Crippen molar-refractivity contribution in [3.05, 3.63) is 44.1 Å². The SMILES string of the molecule is Cn1c(=O)c2c(nnn2CC(=O)Nc2nc3ccc(Cl)cc3o2)n(C)c1=O. The highest BCUT2D eigenvalue weighted by molar-refractivity contribution is 6.31. The summed E-state index contributed by atoms with van der Waals surface area (Å²) in [6.07, 6.45) is 0. The third kappa shape index (κ3) is 2.77. The molecule has 0 saturated heterocycles. The molecular weight excluding hydrogens is 378 g/mol. The lowest BCUT2D eigenvalue weighted by Gasteiger charge is -2.04. The fourth-order valence-electron chi connectivity index (χ4n) is 2.65. The van der Waals surface area contributed by atoms with Crippen LogP contribution in [0.3, 0.4) is 0 Å². The van der Waals surface area contributed by atoms with Gasteiger partial charge in [-0.15, -0.1) is 5.10 Å². The molecule has 0 fully saturated rings. The Bertz CT molecular complexity index is 1330. The van der Waals surface area contributed by atoms with Crippen molar-refractivity contribution in [2.45, 2.75) is 6.54 Å². The Labute approximate surface area is 154 Å². The quantitative estimate of drug-likeness (QED) is 0.532. The molecule has 4 aromatic rings. The number of oxazole rings is 1. The summed E-state index contributed by atoms with van der Waals surface area (Å²) in [7, 11) is 2.80. The Morgan fingerprint density at radius 2 is 2.04 bits per heavy atom. The van der Waals surface area contributed by atoms with Crippen LogP contribution in [-0.2, 0) is 25.4 Å². The Balaban J connectivity index is 1.64. The first-order chi connectivity index (χ1) is 12.8. The van der Waals surface area contributed by atoms with E-state index < -0.39 is 17.2 Å². The van der Waals surface area contributed by atoms with E-state index in [-0.39, 0.29) is 23.7 Å². The molecular formula is C15H12ClN7O4. The average molecular weight is 390 g/mol. The number of nitrogens with zero attached hydrogens (tertiary/aromatic N) is 6. The molecule has 11 nitrogen and oxygen atoms in total. The van der Waals surface area contributed by atoms with Crippen LogP contribution < -0.4 is 16.6 Å². The number of fused-ring (bicyclic) bond motifs is 2. The van der Waals surface area contributed by atoms with Crippen LogP contribution in [-0.4, -0.2) is 35.0 Å². The van der Waals surface area contributed by atoms with Crippen LogP contribution in [0.5, 0.6) is 0 Å². The number of rotatable bonds is 3. The Morgan fingerprint density at radius 1 is 1.26 bits per heavy atom. The van der Waals surface area contributed by atoms with Gasteiger partial charge >= 0.3 is 11.7 Å². The normalized spacial score (nSPS) is 11.4. The highest BCUT2D eigenvalue weighted by atomic mass is 35.5. The number of amides is 1. The average Bonchev–Trinajstić information content (AvgIpc) is 3.21. The maximum absolute atomic E-state index is 12.3. The number of carbonyl (C=O) groups excluding carboxylic acids is 1. The summed E-state index contributed by atoms with van der Waals surface area (Å²) in [5.74, 6) is -0.532. The molecule has 0 radical (unpaired) electrons. The molecule has 1 N–H and O–H groups in total. The predicted octanol–water partition coefficient (Wildman–Crippen LogP) is 0.262. The zero-order valence-electron chi connectivity index (χ0n) is 14.1. The van der Waals surface area contributed by atoms with Crippen molar-refractivity contribution in [3.63, 3.8) is 0 Å². The standard InChI is InChI=1S/C15H12ClN7O4/c1-21-12-11(13(25)22(2)15(21)26)23(20-19-12)6-10(24)18-14-17-8-4-3-7(16)5-9(8)27-14/h3-5H,6H2,1-2H3,(H,17,18,24). The van der Waals surface area contributed by atoms with Gasteiger partial charge < -0.3 is 4.42 Å². The van der Waals surface area contributed by atoms with Gasteiger partial charge in [-0.05, 0) is 12.1 Å². The first kappa shape index (κ1) is 17.0. The number of hydrogen-bond donors (Lipinski definition) is 1. The van der Waals surface area contributed by atoms with Crippen LogP contribution >= 0.6 is 11.6 Å². The molecule has 27 heavy (non-hydrogen) atoms. The van der Waals surface area contributed by atoms with Gasteiger partial charge in [0.2, 0.25) is 5.91 Å². The number of halogens is 1. The number of aromatic nitrogens is 6. The largest absolute Gasteiger partial charge is 0.423 e. The Hall–Kier alpha value is -3.47. The van der Waals surface area contributed by atoms with Gasteiger partial charge in [-0.25, -0.2) is 9.48 Å². The van der Waals surface area contributed by atoms with E-state index in [1.807, 2.05) is 0 Å². The van der Waals surface area contributed by atoms with Gasteiger partial charge in [-0.1, -0.05) is 16.8 Å². The second-order valence-electron chi connectivity index (χ2n) is 5.80. The minimum Gasteiger partial charge on any atom is -0.423 e. The molecule has 0 saturated carbocycles. The third-order valence-electron chi connectivity index (χ3n) is 4.01. The number of hydrogen-bond acceptors (Lipinski definition) is 7. The molecule has 0 unspecified atom stereocenters. The fourth-order valence-corrected chi connectivity index (χ4v) is 2.82. The minimum absolute atomic E-state index is 0.0120. The molecule has 0 aliphatic carbocycles. The van der Waals surface area contributed by atoms with Crippen LogP contribution in [0.4, 0.5) is 6.01 Å². The van der Waals surface area contributed by atoms with E-state index in [9.17, 15) is 14.4 Å². The highest BCUT2D eigenvalue weighted by Gasteiger charge is 2.18. The molecule has 1 amide bonds. The van der Waals surface area contributed by atoms with Gasteiger partial charge in [-0.2, -0.15) is 4.98 Å². The number of carbonyl (C=O) groups is 1. The van der Waals surface area contributed by atoms with Gasteiger partial charge in [0.05, 0.1) is 0 Å². The van der Waals surface area contributed by atoms with Crippen molar-refractivity contribution < 1.29 is 9.21 Å². The number of aryl methyl sites for hydroxylation is 1. The molecule has 4 rings (SSSR count). The van der Waals surface area contributed by atoms with E-state index in [1.165, 1.54) is 18.7 Å². The second kappa shape index (κ2) is 6.06. The van der Waals surface area contributed by atoms with E-state index in [0.717, 1.165) is 9.25 Å². The zero-order valence-corrected chi connectivity index (χ0v) is 14.9. The van der Waals surface area contributed by atoms with Gasteiger partial charge in [0, 0.05) is 25.2 Å². The van der Waals surface area contributed by atoms with Crippen molar-refractivity contribution >= 4 is 45.8 Å². The van der Waals surface area contributed by atoms with Crippen molar-refractivity contribution in [1.29, 1.82) is 0 Å². The van der Waals surface area contributed by atoms with E-state index in [0.29, 0.717) is 16.1 Å². The van der Waals surface area contributed by atoms with Gasteiger partial charge in [0.1, 0.15) is 12.1 Å². The number of benzene rings is 1. The van der Waals surface area contributed by atoms with Crippen LogP contribution in [0.25, 0.3) is 22.3 Å². The molecule has 0 aliphatic heterocycles. The Morgan fingerprint density at radius 3 is 2.81 bits per heavy atom. The molecule has 0 bridgehead atoms. The smallest absolute Gasteiger partial charge is 0.332 e. The van der Waals surface area contributed by atoms with E-state index in [2.05, 4.69) is 20.6 Å². The summed E-state index contributed by atoms with van der Waals surface area (Å²) in [5, 5.41) is 10.6. The first-order valence-corrected chi connectivity index (χ1v) is 8.08. The highest BCUT2D eigenvalue weighted by Crippen LogP contribution is 2.22. The van der Waals surface area contributed by atoms with Crippen molar-refractivity contribution in [2.24, 2.45) is 14.1 Å². The second-order valence-corrected chi connectivity index (χ2v) is 6.24. The molecule has 3 aromatic heterocycles. The summed E-state index contributed by atoms with van der Waals surface area (Å²) >= 11 is 5.89. The van der Waals surface area contributed by atoms with Crippen molar-refractivity contribution in [3.8, 4) is 0 Å². The fraction of sp³-hybridized carbons (Fsp3) is 0.200. The van der Waals surface area contributed by atoms with Crippen molar-refractivity contribution in [2.75, 3.05) is 5.32 Å². The van der Waals surface area contributed by atoms with E-state index in [4.69, 9.17) is 16.0 Å². The zero-order chi connectivity index (χ0) is 19.3. The maximum Gasteiger partial charge on any atom is 0.332 e. The summed E-state index contributed by atoms with van der Waals surface area (Å²) < 4.78 is 8.64. The van der Waals surface area contributed by atoms with Crippen LogP contribution in [0.1, 0.15) is 0 Å². The van der Waals surface area contributed by atoms with Gasteiger partial charge in [0.15, 0.2) is 16.7 Å². The minimum atomic E-state index is -0.595. The van der Waals surface area contributed by atoms with Gasteiger partial charge in [0.25, 0.3) is 5.56 Å². The van der Waals surface area contributed by atoms with Gasteiger partial charge in [-0.3, -0.25) is 24.0 Å². The Kier molecular flexibility index (Phi) is 3.81. The first-order valence-electron chi connectivity index (χ1n) is 7.70. The predicted molar refractivity (Wildman–Crippen MR) is 95.7 cm³/mol. The van der Waals surface area contributed by atoms with Crippen LogP contribution in [0, 0.1) is 0 Å². The molecule has 0 atom stereocenters. The lowest BCUT2D eigenvalue weighted by Crippen LogP contribution is -2.38. The number of nitrogens with one attached hydrogen (secondary N) is 1. The summed E-state index contributed by atoms with van der Waals surface area (Å²) in [5.41, 5.74) is -0.0410.